The van der Waals surface area contributed by atoms with Gasteiger partial charge in [-0.3, -0.25) is 4.79 Å². The van der Waals surface area contributed by atoms with Gasteiger partial charge < -0.3 is 4.74 Å². The Morgan fingerprint density at radius 2 is 1.88 bits per heavy atom. The van der Waals surface area contributed by atoms with Crippen LogP contribution in [0.5, 0.6) is 0 Å². The molecule has 2 aliphatic carbocycles. The Morgan fingerprint density at radius 1 is 1.25 bits per heavy atom. The summed E-state index contributed by atoms with van der Waals surface area (Å²) in [7, 11) is 0. The smallest absolute Gasteiger partial charge is 0.374 e. The van der Waals surface area contributed by atoms with Crippen LogP contribution in [0.4, 0.5) is 0 Å². The lowest BCUT2D eigenvalue weighted by Gasteiger charge is -2.38. The zero-order valence-electron chi connectivity index (χ0n) is 10.5. The fraction of sp³-hybridized carbons (Fsp3) is 0.846. The average Bonchev–Trinajstić information content (AvgIpc) is 2.50. The van der Waals surface area contributed by atoms with Crippen molar-refractivity contribution in [3.05, 3.63) is 0 Å². The van der Waals surface area contributed by atoms with E-state index in [1.54, 1.807) is 0 Å². The largest absolute Gasteiger partial charge is 0.456 e. The van der Waals surface area contributed by atoms with Gasteiger partial charge in [-0.1, -0.05) is 20.8 Å². The Bertz CT molecular complexity index is 345. The number of carbonyl (C=O) groups is 2. The predicted octanol–water partition coefficient (Wildman–Crippen LogP) is 2.33. The van der Waals surface area contributed by atoms with Crippen molar-refractivity contribution in [3.8, 4) is 0 Å². The van der Waals surface area contributed by atoms with Crippen molar-refractivity contribution in [2.45, 2.75) is 53.1 Å². The van der Waals surface area contributed by atoms with Gasteiger partial charge in [-0.15, -0.1) is 0 Å². The number of Topliss-reactive ketones (excluding diaryl/α,β-unsaturated/α-hetero) is 1. The van der Waals surface area contributed by atoms with Crippen LogP contribution in [0.1, 0.15) is 47.0 Å². The highest BCUT2D eigenvalue weighted by Gasteiger charge is 2.62. The summed E-state index contributed by atoms with van der Waals surface area (Å²) in [5.74, 6) is -0.541. The van der Waals surface area contributed by atoms with Crippen LogP contribution in [0.3, 0.4) is 0 Å². The number of esters is 1. The van der Waals surface area contributed by atoms with Crippen LogP contribution in [-0.2, 0) is 14.3 Å². The van der Waals surface area contributed by atoms with E-state index in [9.17, 15) is 9.59 Å². The third-order valence-electron chi connectivity index (χ3n) is 5.25. The summed E-state index contributed by atoms with van der Waals surface area (Å²) in [6.07, 6.45) is 3.17. The van der Waals surface area contributed by atoms with Crippen LogP contribution < -0.4 is 0 Å². The van der Waals surface area contributed by atoms with Crippen molar-refractivity contribution in [2.24, 2.45) is 16.7 Å². The van der Waals surface area contributed by atoms with Crippen LogP contribution in [0, 0.1) is 16.7 Å². The van der Waals surface area contributed by atoms with Gasteiger partial charge in [0.2, 0.25) is 5.78 Å². The molecule has 0 heterocycles. The molecule has 0 N–H and O–H groups in total. The normalized spacial score (nSPS) is 39.8. The molecule has 3 atom stereocenters. The maximum atomic E-state index is 11.4. The van der Waals surface area contributed by atoms with Crippen molar-refractivity contribution in [1.82, 2.24) is 0 Å². The second-order valence-corrected chi connectivity index (χ2v) is 6.06. The standard InChI is InChI=1S/C13H20O3/c1-8(14)11(15)16-10-7-9-5-6-13(10,4)12(9,2)3/h9-10H,5-7H2,1-4H3. The van der Waals surface area contributed by atoms with E-state index in [2.05, 4.69) is 20.8 Å². The predicted molar refractivity (Wildman–Crippen MR) is 59.8 cm³/mol. The van der Waals surface area contributed by atoms with E-state index in [4.69, 9.17) is 4.74 Å². The number of hydrogen-bond acceptors (Lipinski definition) is 3. The monoisotopic (exact) mass is 224 g/mol. The SMILES string of the molecule is CC(=O)C(=O)OC1CC2CCC1(C)C2(C)C. The molecule has 0 radical (unpaired) electrons. The van der Waals surface area contributed by atoms with E-state index in [0.29, 0.717) is 5.92 Å². The summed E-state index contributed by atoms with van der Waals surface area (Å²) >= 11 is 0. The number of rotatable bonds is 2. The van der Waals surface area contributed by atoms with Crippen LogP contribution in [0.25, 0.3) is 0 Å². The third kappa shape index (κ3) is 1.33. The van der Waals surface area contributed by atoms with E-state index >= 15 is 0 Å². The summed E-state index contributed by atoms with van der Waals surface area (Å²) in [4.78, 5) is 22.3. The van der Waals surface area contributed by atoms with Gasteiger partial charge in [0, 0.05) is 12.3 Å². The zero-order chi connectivity index (χ0) is 12.1. The summed E-state index contributed by atoms with van der Waals surface area (Å²) in [6, 6.07) is 0. The van der Waals surface area contributed by atoms with Crippen molar-refractivity contribution >= 4 is 11.8 Å². The lowest BCUT2D eigenvalue weighted by atomic mass is 9.70. The summed E-state index contributed by atoms with van der Waals surface area (Å²) in [5.41, 5.74) is 0.261. The lowest BCUT2D eigenvalue weighted by Crippen LogP contribution is -2.39. The summed E-state index contributed by atoms with van der Waals surface area (Å²) in [5, 5.41) is 0. The Labute approximate surface area is 96.5 Å². The highest BCUT2D eigenvalue weighted by atomic mass is 16.5. The van der Waals surface area contributed by atoms with E-state index in [-0.39, 0.29) is 16.9 Å². The van der Waals surface area contributed by atoms with Crippen molar-refractivity contribution in [1.29, 1.82) is 0 Å². The molecule has 3 heteroatoms. The fourth-order valence-electron chi connectivity index (χ4n) is 3.52. The molecule has 16 heavy (non-hydrogen) atoms. The third-order valence-corrected chi connectivity index (χ3v) is 5.25. The second kappa shape index (κ2) is 3.31. The first-order chi connectivity index (χ1) is 7.29. The first-order valence-electron chi connectivity index (χ1n) is 6.00. The highest BCUT2D eigenvalue weighted by molar-refractivity contribution is 6.32. The maximum absolute atomic E-state index is 11.4. The average molecular weight is 224 g/mol. The molecule has 90 valence electrons. The van der Waals surface area contributed by atoms with Crippen LogP contribution >= 0.6 is 0 Å². The number of ether oxygens (including phenoxy) is 1. The minimum Gasteiger partial charge on any atom is -0.456 e. The molecule has 2 aliphatic rings. The molecule has 2 bridgehead atoms. The highest BCUT2D eigenvalue weighted by Crippen LogP contribution is 2.66. The minimum atomic E-state index is -0.672. The van der Waals surface area contributed by atoms with Crippen molar-refractivity contribution in [3.63, 3.8) is 0 Å². The van der Waals surface area contributed by atoms with Gasteiger partial charge in [-0.05, 0) is 30.6 Å². The molecule has 0 aromatic carbocycles. The van der Waals surface area contributed by atoms with E-state index in [0.717, 1.165) is 12.8 Å². The van der Waals surface area contributed by atoms with E-state index < -0.39 is 11.8 Å². The van der Waals surface area contributed by atoms with Crippen molar-refractivity contribution in [2.75, 3.05) is 0 Å². The molecule has 2 saturated carbocycles. The summed E-state index contributed by atoms with van der Waals surface area (Å²) in [6.45, 7) is 7.97. The number of ketones is 1. The molecule has 0 aromatic rings. The van der Waals surface area contributed by atoms with Crippen LogP contribution in [-0.4, -0.2) is 17.9 Å². The Balaban J connectivity index is 2.16. The fourth-order valence-corrected chi connectivity index (χ4v) is 3.52. The maximum Gasteiger partial charge on any atom is 0.374 e. The molecule has 0 spiro atoms. The molecule has 3 nitrogen and oxygen atoms in total. The Kier molecular flexibility index (Phi) is 2.41. The Morgan fingerprint density at radius 3 is 2.25 bits per heavy atom. The quantitative estimate of drug-likeness (QED) is 0.534. The van der Waals surface area contributed by atoms with Crippen molar-refractivity contribution < 1.29 is 14.3 Å². The van der Waals surface area contributed by atoms with Crippen LogP contribution in [0.2, 0.25) is 0 Å². The van der Waals surface area contributed by atoms with Gasteiger partial charge in [-0.25, -0.2) is 4.79 Å². The molecular formula is C13H20O3. The molecule has 2 rings (SSSR count). The molecule has 0 saturated heterocycles. The minimum absolute atomic E-state index is 0.0444. The number of hydrogen-bond donors (Lipinski definition) is 0. The van der Waals surface area contributed by atoms with Gasteiger partial charge in [0.1, 0.15) is 6.10 Å². The van der Waals surface area contributed by atoms with E-state index in [1.807, 2.05) is 0 Å². The first kappa shape index (κ1) is 11.6. The molecule has 0 aliphatic heterocycles. The number of fused-ring (bicyclic) bond motifs is 2. The molecule has 3 unspecified atom stereocenters. The number of carbonyl (C=O) groups excluding carboxylic acids is 2. The molecular weight excluding hydrogens is 204 g/mol. The topological polar surface area (TPSA) is 43.4 Å². The molecule has 0 aromatic heterocycles. The molecule has 0 amide bonds. The van der Waals surface area contributed by atoms with E-state index in [1.165, 1.54) is 13.3 Å². The van der Waals surface area contributed by atoms with Gasteiger partial charge in [-0.2, -0.15) is 0 Å². The first-order valence-corrected chi connectivity index (χ1v) is 6.00. The lowest BCUT2D eigenvalue weighted by molar-refractivity contribution is -0.163. The van der Waals surface area contributed by atoms with Gasteiger partial charge in [0.25, 0.3) is 0 Å². The van der Waals surface area contributed by atoms with Gasteiger partial charge >= 0.3 is 5.97 Å². The van der Waals surface area contributed by atoms with Gasteiger partial charge in [0.05, 0.1) is 0 Å². The molecule has 2 fully saturated rings. The second-order valence-electron chi connectivity index (χ2n) is 6.06. The Hall–Kier alpha value is -0.860. The van der Waals surface area contributed by atoms with Crippen LogP contribution in [0.15, 0.2) is 0 Å². The zero-order valence-corrected chi connectivity index (χ0v) is 10.5. The van der Waals surface area contributed by atoms with Gasteiger partial charge in [0.15, 0.2) is 0 Å². The summed E-state index contributed by atoms with van der Waals surface area (Å²) < 4.78 is 5.36.